The van der Waals surface area contributed by atoms with E-state index >= 15 is 0 Å². The summed E-state index contributed by atoms with van der Waals surface area (Å²) in [5.41, 5.74) is 1.07. The van der Waals surface area contributed by atoms with Gasteiger partial charge in [-0.05, 0) is 49.9 Å². The predicted molar refractivity (Wildman–Crippen MR) is 107 cm³/mol. The van der Waals surface area contributed by atoms with E-state index in [4.69, 9.17) is 5.11 Å². The highest BCUT2D eigenvalue weighted by Gasteiger charge is 2.28. The van der Waals surface area contributed by atoms with Gasteiger partial charge in [0, 0.05) is 18.7 Å². The lowest BCUT2D eigenvalue weighted by Crippen LogP contribution is -2.33. The third-order valence-electron chi connectivity index (χ3n) is 4.47. The second kappa shape index (κ2) is 12.1. The number of carbonyl (C=O) groups excluding carboxylic acids is 2. The molecule has 0 fully saturated rings. The van der Waals surface area contributed by atoms with Gasteiger partial charge in [-0.25, -0.2) is 4.68 Å². The molecule has 12 heteroatoms. The van der Waals surface area contributed by atoms with E-state index in [2.05, 4.69) is 15.6 Å². The number of nitrogens with one attached hydrogen (secondary N) is 2. The molecule has 176 valence electrons. The van der Waals surface area contributed by atoms with Crippen molar-refractivity contribution in [3.63, 3.8) is 0 Å². The van der Waals surface area contributed by atoms with Gasteiger partial charge in [0.25, 0.3) is 11.8 Å². The van der Waals surface area contributed by atoms with Gasteiger partial charge in [-0.1, -0.05) is 11.6 Å². The van der Waals surface area contributed by atoms with Crippen LogP contribution in [0.25, 0.3) is 5.69 Å². The number of aliphatic hydroxyl groups excluding tert-OH is 1. The number of nitrogens with zero attached hydrogens (tertiary/aromatic N) is 3. The summed E-state index contributed by atoms with van der Waals surface area (Å²) in [5, 5.41) is 21.2. The van der Waals surface area contributed by atoms with Gasteiger partial charge in [0.2, 0.25) is 0 Å². The molecule has 1 heterocycles. The fourth-order valence-electron chi connectivity index (χ4n) is 2.87. The Bertz CT molecular complexity index is 884. The number of unbranched alkanes of at least 4 members (excludes halogenated alkanes) is 2. The van der Waals surface area contributed by atoms with Crippen molar-refractivity contribution in [3.05, 3.63) is 41.2 Å². The maximum absolute atomic E-state index is 12.5. The Morgan fingerprint density at radius 2 is 1.72 bits per heavy atom. The molecule has 1 aromatic heterocycles. The summed E-state index contributed by atoms with van der Waals surface area (Å²) in [6.45, 7) is -1.70. The molecule has 2 amide bonds. The fourth-order valence-corrected chi connectivity index (χ4v) is 2.87. The summed E-state index contributed by atoms with van der Waals surface area (Å²) in [6, 6.07) is 5.65. The van der Waals surface area contributed by atoms with Crippen LogP contribution >= 0.6 is 0 Å². The molecule has 0 spiro atoms. The van der Waals surface area contributed by atoms with E-state index in [9.17, 15) is 27.2 Å². The molecule has 0 bridgehead atoms. The van der Waals surface area contributed by atoms with Crippen LogP contribution < -0.4 is 10.6 Å². The van der Waals surface area contributed by atoms with Crippen LogP contribution in [0.5, 0.6) is 0 Å². The number of benzene rings is 1. The number of rotatable bonds is 12. The number of hydrogen-bond acceptors (Lipinski definition) is 5. The molecule has 0 saturated heterocycles. The molecule has 0 atom stereocenters. The van der Waals surface area contributed by atoms with Gasteiger partial charge in [0.1, 0.15) is 6.54 Å². The highest BCUT2D eigenvalue weighted by molar-refractivity contribution is 5.94. The molecule has 0 aliphatic rings. The molecule has 8 nitrogen and oxygen atoms in total. The number of amides is 2. The number of hydrogen-bond donors (Lipinski definition) is 3. The zero-order chi connectivity index (χ0) is 23.6. The zero-order valence-corrected chi connectivity index (χ0v) is 17.3. The molecular formula is C20H25F4N5O3. The largest absolute Gasteiger partial charge is 0.405 e. The number of aromatic nitrogens is 3. The Morgan fingerprint density at radius 3 is 2.34 bits per heavy atom. The summed E-state index contributed by atoms with van der Waals surface area (Å²) in [5.74, 6) is -1.34. The van der Waals surface area contributed by atoms with Crippen molar-refractivity contribution in [2.45, 2.75) is 38.3 Å². The van der Waals surface area contributed by atoms with Gasteiger partial charge >= 0.3 is 6.18 Å². The van der Waals surface area contributed by atoms with Crippen molar-refractivity contribution >= 4 is 11.8 Å². The second-order valence-electron chi connectivity index (χ2n) is 6.97. The maximum Gasteiger partial charge on any atom is 0.405 e. The van der Waals surface area contributed by atoms with Gasteiger partial charge in [-0.3, -0.25) is 14.0 Å². The first-order chi connectivity index (χ1) is 15.3. The van der Waals surface area contributed by atoms with E-state index in [-0.39, 0.29) is 24.4 Å². The Hall–Kier alpha value is -3.02. The van der Waals surface area contributed by atoms with Crippen molar-refractivity contribution in [2.75, 3.05) is 26.4 Å². The van der Waals surface area contributed by atoms with Crippen LogP contribution in [0.15, 0.2) is 24.3 Å². The van der Waals surface area contributed by atoms with E-state index in [1.165, 1.54) is 28.9 Å². The number of aliphatic hydroxyl groups is 1. The number of halogens is 4. The lowest BCUT2D eigenvalue weighted by molar-refractivity contribution is -0.123. The van der Waals surface area contributed by atoms with E-state index < -0.39 is 31.2 Å². The maximum atomic E-state index is 12.5. The van der Waals surface area contributed by atoms with Crippen molar-refractivity contribution < 1.29 is 32.3 Å². The third-order valence-corrected chi connectivity index (χ3v) is 4.47. The molecule has 2 aromatic rings. The van der Waals surface area contributed by atoms with Crippen LogP contribution in [-0.4, -0.2) is 64.5 Å². The van der Waals surface area contributed by atoms with Crippen molar-refractivity contribution in [1.29, 1.82) is 0 Å². The minimum absolute atomic E-state index is 0.0320. The molecule has 0 unspecified atom stereocenters. The van der Waals surface area contributed by atoms with Crippen LogP contribution in [0.4, 0.5) is 17.6 Å². The summed E-state index contributed by atoms with van der Waals surface area (Å²) < 4.78 is 50.6. The second-order valence-corrected chi connectivity index (χ2v) is 6.97. The van der Waals surface area contributed by atoms with Crippen LogP contribution in [0.2, 0.25) is 0 Å². The summed E-state index contributed by atoms with van der Waals surface area (Å²) in [7, 11) is 0. The topological polar surface area (TPSA) is 109 Å². The smallest absolute Gasteiger partial charge is 0.396 e. The Balaban J connectivity index is 2.21. The van der Waals surface area contributed by atoms with Gasteiger partial charge in [-0.2, -0.15) is 13.2 Å². The minimum Gasteiger partial charge on any atom is -0.396 e. The minimum atomic E-state index is -4.51. The van der Waals surface area contributed by atoms with Gasteiger partial charge in [0.15, 0.2) is 5.69 Å². The highest BCUT2D eigenvalue weighted by atomic mass is 19.4. The van der Waals surface area contributed by atoms with E-state index in [1.54, 1.807) is 5.32 Å². The third kappa shape index (κ3) is 7.59. The van der Waals surface area contributed by atoms with Gasteiger partial charge in [0.05, 0.1) is 18.1 Å². The normalized spacial score (nSPS) is 11.4. The molecule has 0 aliphatic carbocycles. The summed E-state index contributed by atoms with van der Waals surface area (Å²) >= 11 is 0. The first-order valence-electron chi connectivity index (χ1n) is 10.1. The van der Waals surface area contributed by atoms with Crippen molar-refractivity contribution in [2.24, 2.45) is 0 Å². The lowest BCUT2D eigenvalue weighted by atomic mass is 10.1. The van der Waals surface area contributed by atoms with E-state index in [0.717, 1.165) is 0 Å². The highest BCUT2D eigenvalue weighted by Crippen LogP contribution is 2.18. The van der Waals surface area contributed by atoms with E-state index in [1.807, 2.05) is 0 Å². The van der Waals surface area contributed by atoms with Crippen molar-refractivity contribution in [1.82, 2.24) is 25.6 Å². The molecule has 2 rings (SSSR count). The molecule has 32 heavy (non-hydrogen) atoms. The van der Waals surface area contributed by atoms with Crippen molar-refractivity contribution in [3.8, 4) is 5.69 Å². The number of alkyl halides is 4. The summed E-state index contributed by atoms with van der Waals surface area (Å²) in [4.78, 5) is 24.3. The molecule has 1 aromatic carbocycles. The van der Waals surface area contributed by atoms with Gasteiger partial charge < -0.3 is 15.7 Å². The fraction of sp³-hybridized carbons (Fsp3) is 0.500. The lowest BCUT2D eigenvalue weighted by Gasteiger charge is -2.10. The Kier molecular flexibility index (Phi) is 9.57. The molecular weight excluding hydrogens is 434 g/mol. The van der Waals surface area contributed by atoms with Gasteiger partial charge in [-0.15, -0.1) is 5.10 Å². The quantitative estimate of drug-likeness (QED) is 0.334. The first kappa shape index (κ1) is 25.2. The summed E-state index contributed by atoms with van der Waals surface area (Å²) in [6.07, 6.45) is -2.16. The first-order valence-corrected chi connectivity index (χ1v) is 10.1. The molecule has 0 saturated carbocycles. The Labute approximate surface area is 182 Å². The average Bonchev–Trinajstić information content (AvgIpc) is 3.18. The monoisotopic (exact) mass is 459 g/mol. The standard InChI is InChI=1S/C20H25F4N5O3/c21-10-3-1-2-5-16-17(19(32)25-11-4-12-30)27-28-29(16)15-8-6-14(7-9-15)18(31)26-13-20(22,23)24/h6-9,30H,1-5,10-13H2,(H,25,32)(H,26,31). The zero-order valence-electron chi connectivity index (χ0n) is 17.3. The van der Waals surface area contributed by atoms with Crippen LogP contribution in [0, 0.1) is 0 Å². The average molecular weight is 459 g/mol. The van der Waals surface area contributed by atoms with E-state index in [0.29, 0.717) is 43.5 Å². The SMILES string of the molecule is O=C(NCC(F)(F)F)c1ccc(-n2nnc(C(=O)NCCCO)c2CCCCCF)cc1. The molecule has 0 aliphatic heterocycles. The Morgan fingerprint density at radius 1 is 1.00 bits per heavy atom. The van der Waals surface area contributed by atoms with Crippen LogP contribution in [-0.2, 0) is 6.42 Å². The molecule has 3 N–H and O–H groups in total. The van der Waals surface area contributed by atoms with Crippen LogP contribution in [0.3, 0.4) is 0 Å². The number of carbonyl (C=O) groups is 2. The molecule has 0 radical (unpaired) electrons. The van der Waals surface area contributed by atoms with Crippen LogP contribution in [0.1, 0.15) is 52.2 Å². The predicted octanol–water partition coefficient (Wildman–Crippen LogP) is 2.35.